The quantitative estimate of drug-likeness (QED) is 0.726. The molecule has 0 aliphatic rings. The van der Waals surface area contributed by atoms with Gasteiger partial charge in [0.1, 0.15) is 0 Å². The van der Waals surface area contributed by atoms with Crippen LogP contribution in [0.2, 0.25) is 0 Å². The number of benzene rings is 1. The monoisotopic (exact) mass is 227 g/mol. The van der Waals surface area contributed by atoms with Crippen molar-refractivity contribution in [1.82, 2.24) is 5.09 Å². The Hall–Kier alpha value is -0.470. The molecule has 0 saturated carbocycles. The first-order chi connectivity index (χ1) is 7.36. The Kier molecular flexibility index (Phi) is 6.53. The van der Waals surface area contributed by atoms with Gasteiger partial charge in [-0.1, -0.05) is 30.3 Å². The van der Waals surface area contributed by atoms with Gasteiger partial charge in [0.25, 0.3) is 8.53 Å². The number of rotatable bonds is 7. The Morgan fingerprint density at radius 3 is 2.20 bits per heavy atom. The van der Waals surface area contributed by atoms with E-state index in [0.717, 1.165) is 6.54 Å². The topological polar surface area (TPSA) is 30.5 Å². The van der Waals surface area contributed by atoms with E-state index in [4.69, 9.17) is 9.05 Å². The van der Waals surface area contributed by atoms with Gasteiger partial charge >= 0.3 is 0 Å². The lowest BCUT2D eigenvalue weighted by atomic mass is 10.2. The van der Waals surface area contributed by atoms with E-state index in [1.165, 1.54) is 5.56 Å². The van der Waals surface area contributed by atoms with Gasteiger partial charge in [0.2, 0.25) is 0 Å². The molecule has 1 rings (SSSR count). The minimum Gasteiger partial charge on any atom is -0.322 e. The van der Waals surface area contributed by atoms with Crippen LogP contribution in [0.1, 0.15) is 19.4 Å². The first-order valence-corrected chi connectivity index (χ1v) is 6.38. The van der Waals surface area contributed by atoms with Crippen LogP contribution in [0, 0.1) is 0 Å². The summed E-state index contributed by atoms with van der Waals surface area (Å²) in [5, 5.41) is 3.26. The van der Waals surface area contributed by atoms with Crippen molar-refractivity contribution < 1.29 is 9.05 Å². The minimum absolute atomic E-state index is 0.674. The molecule has 84 valence electrons. The van der Waals surface area contributed by atoms with Crippen molar-refractivity contribution >= 4 is 8.53 Å². The SMILES string of the molecule is CCOP(NCc1ccccc1)OCC. The molecule has 0 aromatic heterocycles. The molecule has 0 radical (unpaired) electrons. The molecule has 0 bridgehead atoms. The van der Waals surface area contributed by atoms with Crippen LogP contribution in [0.25, 0.3) is 0 Å². The van der Waals surface area contributed by atoms with Crippen LogP contribution in [0.4, 0.5) is 0 Å². The average molecular weight is 227 g/mol. The number of nitrogens with one attached hydrogen (secondary N) is 1. The van der Waals surface area contributed by atoms with Crippen LogP contribution in [-0.4, -0.2) is 13.2 Å². The highest BCUT2D eigenvalue weighted by atomic mass is 31.2. The van der Waals surface area contributed by atoms with E-state index in [0.29, 0.717) is 13.2 Å². The first kappa shape index (κ1) is 12.6. The summed E-state index contributed by atoms with van der Waals surface area (Å²) in [7, 11) is -0.935. The number of hydrogen-bond donors (Lipinski definition) is 1. The van der Waals surface area contributed by atoms with E-state index in [-0.39, 0.29) is 0 Å². The molecular formula is C11H18NO2P. The molecule has 0 saturated heterocycles. The zero-order chi connectivity index (χ0) is 10.9. The second kappa shape index (κ2) is 7.77. The fraction of sp³-hybridized carbons (Fsp3) is 0.455. The molecule has 1 aromatic rings. The Bertz CT molecular complexity index is 250. The lowest BCUT2D eigenvalue weighted by Gasteiger charge is -2.16. The maximum atomic E-state index is 5.44. The fourth-order valence-corrected chi connectivity index (χ4v) is 2.15. The highest BCUT2D eigenvalue weighted by Crippen LogP contribution is 2.33. The lowest BCUT2D eigenvalue weighted by Crippen LogP contribution is -2.10. The molecule has 3 nitrogen and oxygen atoms in total. The molecule has 0 fully saturated rings. The predicted octanol–water partition coefficient (Wildman–Crippen LogP) is 3.08. The summed E-state index contributed by atoms with van der Waals surface area (Å²) >= 11 is 0. The van der Waals surface area contributed by atoms with E-state index in [9.17, 15) is 0 Å². The molecule has 4 heteroatoms. The third-order valence-electron chi connectivity index (χ3n) is 1.75. The van der Waals surface area contributed by atoms with E-state index in [1.54, 1.807) is 0 Å². The molecule has 15 heavy (non-hydrogen) atoms. The van der Waals surface area contributed by atoms with Crippen LogP contribution >= 0.6 is 8.53 Å². The standard InChI is InChI=1S/C11H18NO2P/c1-3-13-15(14-4-2)12-10-11-8-6-5-7-9-11/h5-9,12H,3-4,10H2,1-2H3. The largest absolute Gasteiger partial charge is 0.322 e. The summed E-state index contributed by atoms with van der Waals surface area (Å²) in [5.41, 5.74) is 1.24. The fourth-order valence-electron chi connectivity index (χ4n) is 1.11. The Morgan fingerprint density at radius 2 is 1.67 bits per heavy atom. The molecule has 0 heterocycles. The van der Waals surface area contributed by atoms with Crippen LogP contribution in [0.5, 0.6) is 0 Å². The van der Waals surface area contributed by atoms with Gasteiger partial charge in [0.15, 0.2) is 0 Å². The van der Waals surface area contributed by atoms with Gasteiger partial charge in [-0.25, -0.2) is 5.09 Å². The molecule has 0 aliphatic heterocycles. The summed E-state index contributed by atoms with van der Waals surface area (Å²) in [4.78, 5) is 0. The van der Waals surface area contributed by atoms with Gasteiger partial charge in [0, 0.05) is 6.54 Å². The van der Waals surface area contributed by atoms with Gasteiger partial charge in [-0.2, -0.15) is 0 Å². The summed E-state index contributed by atoms with van der Waals surface area (Å²) in [5.74, 6) is 0. The summed E-state index contributed by atoms with van der Waals surface area (Å²) in [6.07, 6.45) is 0. The summed E-state index contributed by atoms with van der Waals surface area (Å²) in [6, 6.07) is 10.2. The molecule has 0 atom stereocenters. The molecule has 0 aliphatic carbocycles. The van der Waals surface area contributed by atoms with Crippen LogP contribution in [0.3, 0.4) is 0 Å². The second-order valence-electron chi connectivity index (χ2n) is 2.91. The van der Waals surface area contributed by atoms with Crippen LogP contribution in [-0.2, 0) is 15.6 Å². The predicted molar refractivity (Wildman–Crippen MR) is 63.5 cm³/mol. The van der Waals surface area contributed by atoms with E-state index >= 15 is 0 Å². The summed E-state index contributed by atoms with van der Waals surface area (Å²) < 4.78 is 10.9. The maximum absolute atomic E-state index is 5.44. The molecule has 1 aromatic carbocycles. The zero-order valence-corrected chi connectivity index (χ0v) is 10.2. The van der Waals surface area contributed by atoms with Crippen molar-refractivity contribution in [2.75, 3.05) is 13.2 Å². The average Bonchev–Trinajstić information content (AvgIpc) is 2.28. The molecule has 0 amide bonds. The lowest BCUT2D eigenvalue weighted by molar-refractivity contribution is 0.261. The first-order valence-electron chi connectivity index (χ1n) is 5.20. The van der Waals surface area contributed by atoms with Crippen LogP contribution < -0.4 is 5.09 Å². The van der Waals surface area contributed by atoms with E-state index < -0.39 is 8.53 Å². The Labute approximate surface area is 92.8 Å². The highest BCUT2D eigenvalue weighted by molar-refractivity contribution is 7.44. The van der Waals surface area contributed by atoms with E-state index in [2.05, 4.69) is 17.2 Å². The minimum atomic E-state index is -0.935. The molecule has 1 N–H and O–H groups in total. The third kappa shape index (κ3) is 5.24. The van der Waals surface area contributed by atoms with Gasteiger partial charge in [-0.3, -0.25) is 0 Å². The molecular weight excluding hydrogens is 209 g/mol. The highest BCUT2D eigenvalue weighted by Gasteiger charge is 2.07. The molecule has 0 unspecified atom stereocenters. The van der Waals surface area contributed by atoms with Crippen LogP contribution in [0.15, 0.2) is 30.3 Å². The van der Waals surface area contributed by atoms with Crippen molar-refractivity contribution in [3.8, 4) is 0 Å². The van der Waals surface area contributed by atoms with Gasteiger partial charge in [-0.15, -0.1) is 0 Å². The van der Waals surface area contributed by atoms with E-state index in [1.807, 2.05) is 32.0 Å². The van der Waals surface area contributed by atoms with Crippen molar-refractivity contribution in [3.05, 3.63) is 35.9 Å². The second-order valence-corrected chi connectivity index (χ2v) is 4.26. The van der Waals surface area contributed by atoms with Crippen molar-refractivity contribution in [1.29, 1.82) is 0 Å². The third-order valence-corrected chi connectivity index (χ3v) is 3.15. The Morgan fingerprint density at radius 1 is 1.07 bits per heavy atom. The van der Waals surface area contributed by atoms with Gasteiger partial charge in [-0.05, 0) is 19.4 Å². The van der Waals surface area contributed by atoms with Gasteiger partial charge in [0.05, 0.1) is 13.2 Å². The maximum Gasteiger partial charge on any atom is 0.256 e. The van der Waals surface area contributed by atoms with Crippen molar-refractivity contribution in [3.63, 3.8) is 0 Å². The van der Waals surface area contributed by atoms with Crippen molar-refractivity contribution in [2.45, 2.75) is 20.4 Å². The molecule has 0 spiro atoms. The smallest absolute Gasteiger partial charge is 0.256 e. The summed E-state index contributed by atoms with van der Waals surface area (Å²) in [6.45, 7) is 6.07. The number of hydrogen-bond acceptors (Lipinski definition) is 3. The normalized spacial score (nSPS) is 10.9. The zero-order valence-electron chi connectivity index (χ0n) is 9.27. The Balaban J connectivity index is 2.33. The van der Waals surface area contributed by atoms with Gasteiger partial charge < -0.3 is 9.05 Å². The van der Waals surface area contributed by atoms with Crippen molar-refractivity contribution in [2.24, 2.45) is 0 Å².